The standard InChI is InChI=1S/C15H17NO2/c1-10-4-5-11(8-14(10)17-2)12-6-7-13(16)15(9-12)18-3/h4-9H,16H2,1-3H3. The zero-order chi connectivity index (χ0) is 13.1. The zero-order valence-corrected chi connectivity index (χ0v) is 10.9. The number of hydrogen-bond donors (Lipinski definition) is 1. The molecule has 3 heteroatoms. The fourth-order valence-corrected chi connectivity index (χ4v) is 1.89. The van der Waals surface area contributed by atoms with E-state index in [2.05, 4.69) is 6.07 Å². The van der Waals surface area contributed by atoms with Crippen LogP contribution in [0.4, 0.5) is 5.69 Å². The minimum absolute atomic E-state index is 0.639. The average molecular weight is 243 g/mol. The van der Waals surface area contributed by atoms with E-state index in [0.717, 1.165) is 22.4 Å². The summed E-state index contributed by atoms with van der Waals surface area (Å²) in [7, 11) is 3.29. The largest absolute Gasteiger partial charge is 0.496 e. The van der Waals surface area contributed by atoms with E-state index in [4.69, 9.17) is 15.2 Å². The maximum atomic E-state index is 5.81. The predicted octanol–water partition coefficient (Wildman–Crippen LogP) is 3.26. The number of anilines is 1. The van der Waals surface area contributed by atoms with Gasteiger partial charge in [-0.05, 0) is 41.8 Å². The van der Waals surface area contributed by atoms with Crippen molar-refractivity contribution in [3.63, 3.8) is 0 Å². The molecule has 2 aromatic rings. The van der Waals surface area contributed by atoms with Gasteiger partial charge >= 0.3 is 0 Å². The maximum absolute atomic E-state index is 5.81. The maximum Gasteiger partial charge on any atom is 0.142 e. The average Bonchev–Trinajstić information content (AvgIpc) is 2.40. The lowest BCUT2D eigenvalue weighted by molar-refractivity contribution is 0.412. The molecule has 0 heterocycles. The summed E-state index contributed by atoms with van der Waals surface area (Å²) in [5, 5.41) is 0. The number of rotatable bonds is 3. The van der Waals surface area contributed by atoms with Gasteiger partial charge in [0.25, 0.3) is 0 Å². The highest BCUT2D eigenvalue weighted by Crippen LogP contribution is 2.31. The van der Waals surface area contributed by atoms with Crippen molar-refractivity contribution < 1.29 is 9.47 Å². The Bertz CT molecular complexity index is 513. The van der Waals surface area contributed by atoms with Crippen LogP contribution in [0, 0.1) is 6.92 Å². The first-order valence-corrected chi connectivity index (χ1v) is 5.74. The molecule has 0 saturated heterocycles. The molecule has 0 aliphatic heterocycles. The van der Waals surface area contributed by atoms with Crippen molar-refractivity contribution in [2.24, 2.45) is 0 Å². The topological polar surface area (TPSA) is 44.5 Å². The summed E-state index contributed by atoms with van der Waals surface area (Å²) in [5.74, 6) is 1.57. The van der Waals surface area contributed by atoms with E-state index in [1.165, 1.54) is 0 Å². The van der Waals surface area contributed by atoms with Gasteiger partial charge in [-0.3, -0.25) is 0 Å². The molecule has 0 aliphatic carbocycles. The number of nitrogen functional groups attached to an aromatic ring is 1. The van der Waals surface area contributed by atoms with E-state index < -0.39 is 0 Å². The molecule has 0 saturated carbocycles. The Morgan fingerprint density at radius 1 is 0.833 bits per heavy atom. The molecule has 0 bridgehead atoms. The van der Waals surface area contributed by atoms with Crippen molar-refractivity contribution in [1.82, 2.24) is 0 Å². The molecule has 18 heavy (non-hydrogen) atoms. The van der Waals surface area contributed by atoms with Crippen LogP contribution >= 0.6 is 0 Å². The highest BCUT2D eigenvalue weighted by atomic mass is 16.5. The molecule has 94 valence electrons. The van der Waals surface area contributed by atoms with Crippen LogP contribution in [0.1, 0.15) is 5.56 Å². The number of benzene rings is 2. The molecule has 0 atom stereocenters. The fraction of sp³-hybridized carbons (Fsp3) is 0.200. The van der Waals surface area contributed by atoms with Gasteiger partial charge in [-0.2, -0.15) is 0 Å². The van der Waals surface area contributed by atoms with Crippen molar-refractivity contribution in [3.05, 3.63) is 42.0 Å². The van der Waals surface area contributed by atoms with E-state index in [1.54, 1.807) is 14.2 Å². The van der Waals surface area contributed by atoms with Gasteiger partial charge < -0.3 is 15.2 Å². The van der Waals surface area contributed by atoms with E-state index >= 15 is 0 Å². The Morgan fingerprint density at radius 2 is 1.39 bits per heavy atom. The molecule has 2 aromatic carbocycles. The molecule has 2 rings (SSSR count). The molecule has 2 N–H and O–H groups in total. The number of aryl methyl sites for hydroxylation is 1. The summed E-state index contributed by atoms with van der Waals surface area (Å²) in [5.41, 5.74) is 9.70. The molecule has 3 nitrogen and oxygen atoms in total. The van der Waals surface area contributed by atoms with E-state index in [-0.39, 0.29) is 0 Å². The van der Waals surface area contributed by atoms with Gasteiger partial charge in [-0.15, -0.1) is 0 Å². The minimum atomic E-state index is 0.639. The summed E-state index contributed by atoms with van der Waals surface area (Å²) in [6.45, 7) is 2.02. The predicted molar refractivity (Wildman–Crippen MR) is 74.1 cm³/mol. The van der Waals surface area contributed by atoms with Gasteiger partial charge in [0.2, 0.25) is 0 Å². The van der Waals surface area contributed by atoms with Gasteiger partial charge in [-0.1, -0.05) is 18.2 Å². The molecule has 0 aliphatic rings. The quantitative estimate of drug-likeness (QED) is 0.841. The lowest BCUT2D eigenvalue weighted by atomic mass is 10.0. The number of nitrogens with two attached hydrogens (primary N) is 1. The van der Waals surface area contributed by atoms with Crippen LogP contribution in [-0.2, 0) is 0 Å². The van der Waals surface area contributed by atoms with Crippen LogP contribution in [0.2, 0.25) is 0 Å². The molecule has 0 amide bonds. The summed E-state index contributed by atoms with van der Waals surface area (Å²) >= 11 is 0. The van der Waals surface area contributed by atoms with Gasteiger partial charge in [0.1, 0.15) is 11.5 Å². The Balaban J connectivity index is 2.48. The van der Waals surface area contributed by atoms with Crippen LogP contribution in [0.5, 0.6) is 11.5 Å². The molecular weight excluding hydrogens is 226 g/mol. The van der Waals surface area contributed by atoms with Crippen LogP contribution in [-0.4, -0.2) is 14.2 Å². The highest BCUT2D eigenvalue weighted by molar-refractivity contribution is 5.71. The second kappa shape index (κ2) is 5.00. The van der Waals surface area contributed by atoms with Gasteiger partial charge in [0.05, 0.1) is 19.9 Å². The third-order valence-corrected chi connectivity index (χ3v) is 2.97. The normalized spacial score (nSPS) is 10.2. The van der Waals surface area contributed by atoms with Gasteiger partial charge in [0.15, 0.2) is 0 Å². The minimum Gasteiger partial charge on any atom is -0.496 e. The number of methoxy groups -OCH3 is 2. The van der Waals surface area contributed by atoms with Crippen LogP contribution in [0.15, 0.2) is 36.4 Å². The Labute approximate surface area is 107 Å². The lowest BCUT2D eigenvalue weighted by Gasteiger charge is -2.10. The van der Waals surface area contributed by atoms with E-state index in [1.807, 2.05) is 37.3 Å². The van der Waals surface area contributed by atoms with Gasteiger partial charge in [0, 0.05) is 0 Å². The number of ether oxygens (including phenoxy) is 2. The van der Waals surface area contributed by atoms with Crippen molar-refractivity contribution >= 4 is 5.69 Å². The first-order chi connectivity index (χ1) is 8.65. The monoisotopic (exact) mass is 243 g/mol. The fourth-order valence-electron chi connectivity index (χ4n) is 1.89. The van der Waals surface area contributed by atoms with Crippen molar-refractivity contribution in [3.8, 4) is 22.6 Å². The zero-order valence-electron chi connectivity index (χ0n) is 10.9. The number of hydrogen-bond acceptors (Lipinski definition) is 3. The SMILES string of the molecule is COc1cc(-c2ccc(N)c(OC)c2)ccc1C. The summed E-state index contributed by atoms with van der Waals surface area (Å²) < 4.78 is 10.6. The summed E-state index contributed by atoms with van der Waals surface area (Å²) in [6.07, 6.45) is 0. The highest BCUT2D eigenvalue weighted by Gasteiger charge is 2.06. The molecule has 0 unspecified atom stereocenters. The van der Waals surface area contributed by atoms with Crippen molar-refractivity contribution in [1.29, 1.82) is 0 Å². The molecule has 0 spiro atoms. The summed E-state index contributed by atoms with van der Waals surface area (Å²) in [4.78, 5) is 0. The smallest absolute Gasteiger partial charge is 0.142 e. The van der Waals surface area contributed by atoms with Crippen molar-refractivity contribution in [2.45, 2.75) is 6.92 Å². The third kappa shape index (κ3) is 2.25. The molecule has 0 radical (unpaired) electrons. The van der Waals surface area contributed by atoms with E-state index in [9.17, 15) is 0 Å². The summed E-state index contributed by atoms with van der Waals surface area (Å²) in [6, 6.07) is 11.9. The van der Waals surface area contributed by atoms with Crippen LogP contribution < -0.4 is 15.2 Å². The second-order valence-corrected chi connectivity index (χ2v) is 4.14. The molecular formula is C15H17NO2. The molecule has 0 aromatic heterocycles. The second-order valence-electron chi connectivity index (χ2n) is 4.14. The van der Waals surface area contributed by atoms with Crippen molar-refractivity contribution in [2.75, 3.05) is 20.0 Å². The van der Waals surface area contributed by atoms with E-state index in [0.29, 0.717) is 11.4 Å². The first-order valence-electron chi connectivity index (χ1n) is 5.74. The Kier molecular flexibility index (Phi) is 3.42. The third-order valence-electron chi connectivity index (χ3n) is 2.97. The lowest BCUT2D eigenvalue weighted by Crippen LogP contribution is -1.93. The first kappa shape index (κ1) is 12.3. The van der Waals surface area contributed by atoms with Crippen LogP contribution in [0.3, 0.4) is 0 Å². The van der Waals surface area contributed by atoms with Gasteiger partial charge in [-0.25, -0.2) is 0 Å². The Hall–Kier alpha value is -2.16. The molecule has 0 fully saturated rings. The Morgan fingerprint density at radius 3 is 2.00 bits per heavy atom. The van der Waals surface area contributed by atoms with Crippen LogP contribution in [0.25, 0.3) is 11.1 Å².